The quantitative estimate of drug-likeness (QED) is 0.882. The van der Waals surface area contributed by atoms with Crippen molar-refractivity contribution in [3.05, 3.63) is 41.4 Å². The number of carbonyl (C=O) groups excluding carboxylic acids is 1. The number of aromatic nitrogens is 1. The minimum Gasteiger partial charge on any atom is -0.347 e. The van der Waals surface area contributed by atoms with E-state index >= 15 is 0 Å². The number of nitrogens with zero attached hydrogens (tertiary/aromatic N) is 1. The van der Waals surface area contributed by atoms with Gasteiger partial charge in [0.05, 0.1) is 7.05 Å². The Morgan fingerprint density at radius 2 is 1.95 bits per heavy atom. The number of nitrogens with one attached hydrogen (secondary N) is 2. The highest BCUT2D eigenvalue weighted by atomic mass is 32.1. The predicted octanol–water partition coefficient (Wildman–Crippen LogP) is 1.74. The molecule has 0 bridgehead atoms. The van der Waals surface area contributed by atoms with E-state index in [1.165, 1.54) is 0 Å². The lowest BCUT2D eigenvalue weighted by atomic mass is 10.1. The normalized spacial score (nSPS) is 12.9. The van der Waals surface area contributed by atoms with Crippen LogP contribution in [0.5, 0.6) is 0 Å². The maximum Gasteiger partial charge on any atom is 0.275 e. The third kappa shape index (κ3) is 5.24. The van der Waals surface area contributed by atoms with Gasteiger partial charge in [-0.2, -0.15) is 0 Å². The number of thiazole rings is 1. The van der Waals surface area contributed by atoms with Crippen molar-refractivity contribution >= 4 is 17.2 Å². The molecule has 0 fully saturated rings. The van der Waals surface area contributed by atoms with E-state index < -0.39 is 0 Å². The number of likely N-dealkylation sites (N-methyl/N-ethyl adjacent to an activating group) is 1. The van der Waals surface area contributed by atoms with Gasteiger partial charge >= 0.3 is 0 Å². The summed E-state index contributed by atoms with van der Waals surface area (Å²) in [6.07, 6.45) is 0. The molecule has 0 aliphatic rings. The fourth-order valence-corrected chi connectivity index (χ4v) is 3.04. The molecule has 0 saturated heterocycles. The van der Waals surface area contributed by atoms with Crippen LogP contribution in [0, 0.1) is 0 Å². The Morgan fingerprint density at radius 1 is 1.27 bits per heavy atom. The van der Waals surface area contributed by atoms with Crippen LogP contribution in [0.15, 0.2) is 35.7 Å². The molecule has 0 aliphatic heterocycles. The van der Waals surface area contributed by atoms with Crippen molar-refractivity contribution < 1.29 is 9.69 Å². The zero-order valence-corrected chi connectivity index (χ0v) is 14.5. The number of benzene rings is 1. The first-order chi connectivity index (χ1) is 10.3. The van der Waals surface area contributed by atoms with Crippen LogP contribution >= 0.6 is 11.3 Å². The summed E-state index contributed by atoms with van der Waals surface area (Å²) in [5.74, 6) is 0.0727. The molecule has 2 rings (SSSR count). The molecule has 0 spiro atoms. The smallest absolute Gasteiger partial charge is 0.275 e. The molecule has 22 heavy (non-hydrogen) atoms. The Hall–Kier alpha value is -1.72. The fraction of sp³-hybridized carbons (Fsp3) is 0.412. The molecule has 1 heterocycles. The van der Waals surface area contributed by atoms with Crippen molar-refractivity contribution in [3.8, 4) is 10.6 Å². The standard InChI is InChI=1S/C17H23N3OS/c1-17(2,3)19-15(21)11-20(4)10-14-12-22-16(18-14)13-8-6-5-7-9-13/h5-9,12H,10-11H2,1-4H3,(H,19,21)/p+1. The Kier molecular flexibility index (Phi) is 5.32. The third-order valence-electron chi connectivity index (χ3n) is 3.03. The molecular formula is C17H24N3OS+. The van der Waals surface area contributed by atoms with Gasteiger partial charge in [-0.25, -0.2) is 4.98 Å². The van der Waals surface area contributed by atoms with E-state index in [9.17, 15) is 4.79 Å². The van der Waals surface area contributed by atoms with Crippen LogP contribution in [-0.2, 0) is 11.3 Å². The van der Waals surface area contributed by atoms with E-state index in [1.54, 1.807) is 11.3 Å². The highest BCUT2D eigenvalue weighted by molar-refractivity contribution is 7.13. The maximum absolute atomic E-state index is 11.9. The lowest BCUT2D eigenvalue weighted by Gasteiger charge is -2.21. The minimum atomic E-state index is -0.182. The van der Waals surface area contributed by atoms with Gasteiger partial charge < -0.3 is 10.2 Å². The van der Waals surface area contributed by atoms with Crippen molar-refractivity contribution in [2.75, 3.05) is 13.6 Å². The molecule has 1 aromatic heterocycles. The van der Waals surface area contributed by atoms with Gasteiger partial charge in [-0.1, -0.05) is 30.3 Å². The summed E-state index contributed by atoms with van der Waals surface area (Å²) < 4.78 is 0. The van der Waals surface area contributed by atoms with Crippen molar-refractivity contribution in [1.82, 2.24) is 10.3 Å². The van der Waals surface area contributed by atoms with E-state index in [4.69, 9.17) is 0 Å². The molecule has 0 aliphatic carbocycles. The lowest BCUT2D eigenvalue weighted by Crippen LogP contribution is -3.09. The summed E-state index contributed by atoms with van der Waals surface area (Å²) in [5, 5.41) is 6.10. The second kappa shape index (κ2) is 7.03. The fourth-order valence-electron chi connectivity index (χ4n) is 2.21. The maximum atomic E-state index is 11.9. The highest BCUT2D eigenvalue weighted by Crippen LogP contribution is 2.22. The Labute approximate surface area is 136 Å². The van der Waals surface area contributed by atoms with Gasteiger partial charge in [0.15, 0.2) is 6.54 Å². The van der Waals surface area contributed by atoms with E-state index in [-0.39, 0.29) is 11.4 Å². The van der Waals surface area contributed by atoms with Crippen LogP contribution in [0.25, 0.3) is 10.6 Å². The molecule has 4 nitrogen and oxygen atoms in total. The number of rotatable bonds is 5. The lowest BCUT2D eigenvalue weighted by molar-refractivity contribution is -0.885. The number of carbonyl (C=O) groups is 1. The topological polar surface area (TPSA) is 46.4 Å². The van der Waals surface area contributed by atoms with Gasteiger partial charge in [0.1, 0.15) is 17.2 Å². The van der Waals surface area contributed by atoms with Crippen molar-refractivity contribution in [2.45, 2.75) is 32.9 Å². The molecule has 1 aromatic carbocycles. The first-order valence-electron chi connectivity index (χ1n) is 7.45. The third-order valence-corrected chi connectivity index (χ3v) is 3.97. The number of hydrogen-bond donors (Lipinski definition) is 2. The van der Waals surface area contributed by atoms with Crippen LogP contribution in [-0.4, -0.2) is 30.0 Å². The van der Waals surface area contributed by atoms with Gasteiger partial charge in [-0.05, 0) is 20.8 Å². The molecule has 1 atom stereocenters. The van der Waals surface area contributed by atoms with E-state index in [0.717, 1.165) is 27.7 Å². The average molecular weight is 318 g/mol. The molecular weight excluding hydrogens is 294 g/mol. The summed E-state index contributed by atoms with van der Waals surface area (Å²) in [5.41, 5.74) is 1.99. The highest BCUT2D eigenvalue weighted by Gasteiger charge is 2.18. The Bertz CT molecular complexity index is 616. The zero-order valence-electron chi connectivity index (χ0n) is 13.6. The van der Waals surface area contributed by atoms with Crippen molar-refractivity contribution in [1.29, 1.82) is 0 Å². The van der Waals surface area contributed by atoms with Gasteiger partial charge in [0.25, 0.3) is 5.91 Å². The van der Waals surface area contributed by atoms with Crippen LogP contribution in [0.4, 0.5) is 0 Å². The number of quaternary nitrogens is 1. The SMILES string of the molecule is C[NH+](CC(=O)NC(C)(C)C)Cc1csc(-c2ccccc2)n1. The molecule has 0 saturated carbocycles. The van der Waals surface area contributed by atoms with Crippen LogP contribution in [0.3, 0.4) is 0 Å². The summed E-state index contributed by atoms with van der Waals surface area (Å²) in [6, 6.07) is 10.2. The van der Waals surface area contributed by atoms with Crippen LogP contribution in [0.2, 0.25) is 0 Å². The first-order valence-corrected chi connectivity index (χ1v) is 8.33. The predicted molar refractivity (Wildman–Crippen MR) is 90.9 cm³/mol. The average Bonchev–Trinajstić information content (AvgIpc) is 2.85. The number of hydrogen-bond acceptors (Lipinski definition) is 3. The molecule has 0 radical (unpaired) electrons. The Balaban J connectivity index is 1.91. The summed E-state index contributed by atoms with van der Waals surface area (Å²) in [6.45, 7) is 7.18. The number of amides is 1. The van der Waals surface area contributed by atoms with Gasteiger partial charge in [0, 0.05) is 16.5 Å². The second-order valence-electron chi connectivity index (χ2n) is 6.62. The van der Waals surface area contributed by atoms with Gasteiger partial charge in [0.2, 0.25) is 0 Å². The van der Waals surface area contributed by atoms with E-state index in [2.05, 4.69) is 27.8 Å². The monoisotopic (exact) mass is 318 g/mol. The molecule has 5 heteroatoms. The summed E-state index contributed by atoms with van der Waals surface area (Å²) in [4.78, 5) is 17.7. The zero-order chi connectivity index (χ0) is 16.2. The second-order valence-corrected chi connectivity index (χ2v) is 7.48. The van der Waals surface area contributed by atoms with E-state index in [0.29, 0.717) is 6.54 Å². The molecule has 2 N–H and O–H groups in total. The first kappa shape index (κ1) is 16.6. The molecule has 2 aromatic rings. The minimum absolute atomic E-state index is 0.0727. The molecule has 1 unspecified atom stereocenters. The largest absolute Gasteiger partial charge is 0.347 e. The van der Waals surface area contributed by atoms with Crippen molar-refractivity contribution in [2.24, 2.45) is 0 Å². The van der Waals surface area contributed by atoms with Gasteiger partial charge in [-0.3, -0.25) is 4.79 Å². The summed E-state index contributed by atoms with van der Waals surface area (Å²) >= 11 is 1.65. The summed E-state index contributed by atoms with van der Waals surface area (Å²) in [7, 11) is 2.02. The molecule has 118 valence electrons. The Morgan fingerprint density at radius 3 is 2.59 bits per heavy atom. The molecule has 1 amide bonds. The van der Waals surface area contributed by atoms with Crippen LogP contribution < -0.4 is 10.2 Å². The van der Waals surface area contributed by atoms with Crippen molar-refractivity contribution in [3.63, 3.8) is 0 Å². The van der Waals surface area contributed by atoms with Gasteiger partial charge in [-0.15, -0.1) is 11.3 Å². The van der Waals surface area contributed by atoms with E-state index in [1.807, 2.05) is 46.0 Å². The van der Waals surface area contributed by atoms with Crippen LogP contribution in [0.1, 0.15) is 26.5 Å².